The van der Waals surface area contributed by atoms with Crippen LogP contribution in [0, 0.1) is 6.92 Å². The quantitative estimate of drug-likeness (QED) is 0.586. The van der Waals surface area contributed by atoms with Gasteiger partial charge >= 0.3 is 0 Å². The smallest absolute Gasteiger partial charge is 0.161 e. The van der Waals surface area contributed by atoms with E-state index in [0.29, 0.717) is 11.9 Å². The third-order valence-corrected chi connectivity index (χ3v) is 5.90. The van der Waals surface area contributed by atoms with E-state index in [0.717, 1.165) is 55.0 Å². The van der Waals surface area contributed by atoms with E-state index >= 15 is 0 Å². The van der Waals surface area contributed by atoms with Crippen molar-refractivity contribution < 1.29 is 14.2 Å². The van der Waals surface area contributed by atoms with E-state index in [1.54, 1.807) is 14.2 Å². The molecule has 5 heteroatoms. The Balaban J connectivity index is 1.79. The highest BCUT2D eigenvalue weighted by molar-refractivity contribution is 5.84. The van der Waals surface area contributed by atoms with E-state index in [2.05, 4.69) is 42.2 Å². The summed E-state index contributed by atoms with van der Waals surface area (Å²) in [5, 5.41) is 1.17. The maximum absolute atomic E-state index is 5.63. The highest BCUT2D eigenvalue weighted by Crippen LogP contribution is 2.34. The molecule has 2 aromatic carbocycles. The summed E-state index contributed by atoms with van der Waals surface area (Å²) in [6.07, 6.45) is 2.59. The molecule has 0 radical (unpaired) electrons. The molecule has 2 heterocycles. The monoisotopic (exact) mass is 406 g/mol. The fraction of sp³-hybridized carbons (Fsp3) is 0.400. The second-order valence-electron chi connectivity index (χ2n) is 8.00. The van der Waals surface area contributed by atoms with Gasteiger partial charge in [-0.05, 0) is 67.8 Å². The molecule has 0 N–H and O–H groups in total. The Morgan fingerprint density at radius 1 is 1.00 bits per heavy atom. The summed E-state index contributed by atoms with van der Waals surface area (Å²) >= 11 is 0. The van der Waals surface area contributed by atoms with Gasteiger partial charge in [0.05, 0.1) is 31.5 Å². The van der Waals surface area contributed by atoms with Crippen molar-refractivity contribution in [2.75, 3.05) is 34.4 Å². The van der Waals surface area contributed by atoms with Gasteiger partial charge in [-0.15, -0.1) is 0 Å². The zero-order valence-corrected chi connectivity index (χ0v) is 18.3. The number of ether oxygens (including phenoxy) is 3. The molecule has 0 unspecified atom stereocenters. The fourth-order valence-electron chi connectivity index (χ4n) is 4.26. The van der Waals surface area contributed by atoms with Crippen molar-refractivity contribution in [2.24, 2.45) is 0 Å². The van der Waals surface area contributed by atoms with E-state index in [4.69, 9.17) is 19.2 Å². The molecule has 1 saturated heterocycles. The van der Waals surface area contributed by atoms with E-state index in [1.165, 1.54) is 16.5 Å². The Hall–Kier alpha value is -2.63. The summed E-state index contributed by atoms with van der Waals surface area (Å²) < 4.78 is 16.6. The molecule has 0 amide bonds. The van der Waals surface area contributed by atoms with Gasteiger partial charge in [0.25, 0.3) is 0 Å². The summed E-state index contributed by atoms with van der Waals surface area (Å²) in [7, 11) is 5.13. The van der Waals surface area contributed by atoms with Gasteiger partial charge in [-0.1, -0.05) is 12.1 Å². The number of methoxy groups -OCH3 is 3. The molecule has 5 nitrogen and oxygen atoms in total. The first-order valence-corrected chi connectivity index (χ1v) is 10.5. The SMILES string of the molecule is COc1ccc(-c2nc3cc(C)ccc3cc2CN2CCC[C@@H](OC)C2)cc1OC. The number of fused-ring (bicyclic) bond motifs is 1. The van der Waals surface area contributed by atoms with Gasteiger partial charge in [0.15, 0.2) is 11.5 Å². The number of hydrogen-bond donors (Lipinski definition) is 0. The Bertz CT molecular complexity index is 1030. The molecule has 0 saturated carbocycles. The van der Waals surface area contributed by atoms with Crippen LogP contribution in [-0.4, -0.2) is 50.4 Å². The van der Waals surface area contributed by atoms with E-state index < -0.39 is 0 Å². The molecule has 1 aliphatic rings. The minimum absolute atomic E-state index is 0.305. The predicted octanol–water partition coefficient (Wildman–Crippen LogP) is 4.84. The molecule has 4 rings (SSSR count). The van der Waals surface area contributed by atoms with Gasteiger partial charge in [0.1, 0.15) is 0 Å². The van der Waals surface area contributed by atoms with Crippen molar-refractivity contribution in [3.8, 4) is 22.8 Å². The van der Waals surface area contributed by atoms with E-state index in [9.17, 15) is 0 Å². The zero-order chi connectivity index (χ0) is 21.1. The van der Waals surface area contributed by atoms with Crippen LogP contribution in [0.3, 0.4) is 0 Å². The van der Waals surface area contributed by atoms with Crippen molar-refractivity contribution in [1.82, 2.24) is 9.88 Å². The first kappa shape index (κ1) is 20.6. The lowest BCUT2D eigenvalue weighted by Gasteiger charge is -2.32. The second-order valence-corrected chi connectivity index (χ2v) is 8.00. The zero-order valence-electron chi connectivity index (χ0n) is 18.3. The van der Waals surface area contributed by atoms with Crippen molar-refractivity contribution in [2.45, 2.75) is 32.4 Å². The summed E-state index contributed by atoms with van der Waals surface area (Å²) in [5.41, 5.74) is 5.47. The number of aromatic nitrogens is 1. The topological polar surface area (TPSA) is 43.8 Å². The largest absolute Gasteiger partial charge is 0.493 e. The third kappa shape index (κ3) is 4.27. The Labute approximate surface area is 178 Å². The number of nitrogens with zero attached hydrogens (tertiary/aromatic N) is 2. The molecule has 1 aromatic heterocycles. The minimum Gasteiger partial charge on any atom is -0.493 e. The number of hydrogen-bond acceptors (Lipinski definition) is 5. The number of likely N-dealkylation sites (tertiary alicyclic amines) is 1. The van der Waals surface area contributed by atoms with Gasteiger partial charge in [0.2, 0.25) is 0 Å². The van der Waals surface area contributed by atoms with Crippen molar-refractivity contribution in [3.63, 3.8) is 0 Å². The first-order valence-electron chi connectivity index (χ1n) is 10.5. The summed E-state index contributed by atoms with van der Waals surface area (Å²) in [5.74, 6) is 1.43. The molecule has 0 spiro atoms. The van der Waals surface area contributed by atoms with E-state index in [1.807, 2.05) is 19.2 Å². The number of piperidine rings is 1. The standard InChI is InChI=1S/C25H30N2O3/c1-17-7-8-18-13-20(15-27-11-5-6-21(16-27)28-2)25(26-22(18)12-17)19-9-10-23(29-3)24(14-19)30-4/h7-10,12-14,21H,5-6,11,15-16H2,1-4H3/t21-/m1/s1. The molecule has 0 bridgehead atoms. The van der Waals surface area contributed by atoms with Crippen LogP contribution < -0.4 is 9.47 Å². The molecular weight excluding hydrogens is 376 g/mol. The maximum atomic E-state index is 5.63. The normalized spacial score (nSPS) is 17.3. The molecule has 3 aromatic rings. The van der Waals surface area contributed by atoms with Crippen LogP contribution in [-0.2, 0) is 11.3 Å². The molecule has 1 fully saturated rings. The lowest BCUT2D eigenvalue weighted by atomic mass is 10.00. The third-order valence-electron chi connectivity index (χ3n) is 5.90. The van der Waals surface area contributed by atoms with Gasteiger partial charge in [-0.25, -0.2) is 4.98 Å². The number of rotatable bonds is 6. The van der Waals surface area contributed by atoms with E-state index in [-0.39, 0.29) is 0 Å². The Morgan fingerprint density at radius 2 is 1.83 bits per heavy atom. The van der Waals surface area contributed by atoms with Crippen LogP contribution in [0.2, 0.25) is 0 Å². The minimum atomic E-state index is 0.305. The van der Waals surface area contributed by atoms with Gasteiger partial charge in [-0.3, -0.25) is 4.90 Å². The molecule has 1 atom stereocenters. The van der Waals surface area contributed by atoms with Gasteiger partial charge in [0, 0.05) is 31.1 Å². The first-order chi connectivity index (χ1) is 14.6. The Morgan fingerprint density at radius 3 is 2.60 bits per heavy atom. The second kappa shape index (κ2) is 9.02. The molecule has 0 aliphatic carbocycles. The maximum Gasteiger partial charge on any atom is 0.161 e. The van der Waals surface area contributed by atoms with Crippen LogP contribution in [0.4, 0.5) is 0 Å². The number of pyridine rings is 1. The number of aryl methyl sites for hydroxylation is 1. The van der Waals surface area contributed by atoms with Crippen LogP contribution >= 0.6 is 0 Å². The van der Waals surface area contributed by atoms with Crippen molar-refractivity contribution in [1.29, 1.82) is 0 Å². The van der Waals surface area contributed by atoms with Gasteiger partial charge < -0.3 is 14.2 Å². The summed E-state index contributed by atoms with van der Waals surface area (Å²) in [4.78, 5) is 7.56. The van der Waals surface area contributed by atoms with Gasteiger partial charge in [-0.2, -0.15) is 0 Å². The molecule has 1 aliphatic heterocycles. The summed E-state index contributed by atoms with van der Waals surface area (Å²) in [6, 6.07) is 14.8. The van der Waals surface area contributed by atoms with Crippen LogP contribution in [0.5, 0.6) is 11.5 Å². The van der Waals surface area contributed by atoms with Crippen molar-refractivity contribution in [3.05, 3.63) is 53.6 Å². The number of benzene rings is 2. The highest BCUT2D eigenvalue weighted by Gasteiger charge is 2.21. The van der Waals surface area contributed by atoms with Crippen LogP contribution in [0.1, 0.15) is 24.0 Å². The van der Waals surface area contributed by atoms with Crippen LogP contribution in [0.25, 0.3) is 22.2 Å². The molecule has 30 heavy (non-hydrogen) atoms. The van der Waals surface area contributed by atoms with Crippen molar-refractivity contribution >= 4 is 10.9 Å². The van der Waals surface area contributed by atoms with Crippen LogP contribution in [0.15, 0.2) is 42.5 Å². The fourth-order valence-corrected chi connectivity index (χ4v) is 4.26. The lowest BCUT2D eigenvalue weighted by Crippen LogP contribution is -2.38. The molecular formula is C25H30N2O3. The Kier molecular flexibility index (Phi) is 6.21. The highest BCUT2D eigenvalue weighted by atomic mass is 16.5. The average molecular weight is 407 g/mol. The molecule has 158 valence electrons. The lowest BCUT2D eigenvalue weighted by molar-refractivity contribution is 0.0286. The predicted molar refractivity (Wildman–Crippen MR) is 120 cm³/mol. The average Bonchev–Trinajstić information content (AvgIpc) is 2.78. The summed E-state index contributed by atoms with van der Waals surface area (Å²) in [6.45, 7) is 4.98.